The quantitative estimate of drug-likeness (QED) is 0.640. The summed E-state index contributed by atoms with van der Waals surface area (Å²) >= 11 is 5.99. The number of methoxy groups -OCH3 is 1. The van der Waals surface area contributed by atoms with Crippen LogP contribution in [0.15, 0.2) is 30.5 Å². The van der Waals surface area contributed by atoms with E-state index >= 15 is 0 Å². The maximum Gasteiger partial charge on any atom is 0.342 e. The van der Waals surface area contributed by atoms with Crippen molar-refractivity contribution in [2.75, 3.05) is 13.7 Å². The van der Waals surface area contributed by atoms with Crippen LogP contribution in [0, 0.1) is 0 Å². The normalized spacial score (nSPS) is 10.2. The second-order valence-corrected chi connectivity index (χ2v) is 4.21. The highest BCUT2D eigenvalue weighted by molar-refractivity contribution is 6.32. The number of hydrogen-bond donors (Lipinski definition) is 0. The van der Waals surface area contributed by atoms with Gasteiger partial charge in [-0.05, 0) is 31.2 Å². The van der Waals surface area contributed by atoms with Gasteiger partial charge in [-0.15, -0.1) is 0 Å². The fourth-order valence-electron chi connectivity index (χ4n) is 1.59. The van der Waals surface area contributed by atoms with Crippen LogP contribution < -0.4 is 4.74 Å². The van der Waals surface area contributed by atoms with E-state index in [1.54, 1.807) is 26.2 Å². The number of esters is 1. The molecule has 0 bridgehead atoms. The van der Waals surface area contributed by atoms with Crippen LogP contribution in [0.5, 0.6) is 5.75 Å². The van der Waals surface area contributed by atoms with Gasteiger partial charge in [-0.1, -0.05) is 11.6 Å². The summed E-state index contributed by atoms with van der Waals surface area (Å²) in [5.74, 6) is 0.646. The molecule has 104 valence electrons. The Balaban J connectivity index is 2.30. The highest BCUT2D eigenvalue weighted by atomic mass is 35.5. The van der Waals surface area contributed by atoms with Crippen molar-refractivity contribution in [3.05, 3.63) is 41.2 Å². The molecule has 0 spiro atoms. The van der Waals surface area contributed by atoms with Crippen LogP contribution in [-0.2, 0) is 4.74 Å². The van der Waals surface area contributed by atoms with Gasteiger partial charge < -0.3 is 9.47 Å². The molecule has 0 saturated carbocycles. The van der Waals surface area contributed by atoms with Gasteiger partial charge >= 0.3 is 5.97 Å². The van der Waals surface area contributed by atoms with Crippen molar-refractivity contribution in [2.24, 2.45) is 0 Å². The first-order valence-electron chi connectivity index (χ1n) is 5.99. The van der Waals surface area contributed by atoms with E-state index in [-0.39, 0.29) is 17.3 Å². The molecule has 1 heterocycles. The molecule has 20 heavy (non-hydrogen) atoms. The van der Waals surface area contributed by atoms with E-state index < -0.39 is 5.97 Å². The average Bonchev–Trinajstić information content (AvgIpc) is 2.47. The SMILES string of the molecule is CCOC(=O)c1cnc(-c2ccc(OC)cc2)nc1Cl. The Morgan fingerprint density at radius 2 is 2.00 bits per heavy atom. The summed E-state index contributed by atoms with van der Waals surface area (Å²) < 4.78 is 9.94. The summed E-state index contributed by atoms with van der Waals surface area (Å²) in [7, 11) is 1.59. The van der Waals surface area contributed by atoms with Crippen molar-refractivity contribution < 1.29 is 14.3 Å². The summed E-state index contributed by atoms with van der Waals surface area (Å²) in [6, 6.07) is 7.22. The molecule has 0 fully saturated rings. The minimum Gasteiger partial charge on any atom is -0.497 e. The van der Waals surface area contributed by atoms with Crippen LogP contribution in [0.4, 0.5) is 0 Å². The lowest BCUT2D eigenvalue weighted by atomic mass is 10.2. The van der Waals surface area contributed by atoms with Crippen LogP contribution >= 0.6 is 11.6 Å². The number of nitrogens with zero attached hydrogens (tertiary/aromatic N) is 2. The molecule has 0 atom stereocenters. The molecular weight excluding hydrogens is 280 g/mol. The molecule has 2 aromatic rings. The molecule has 0 aliphatic carbocycles. The molecule has 2 rings (SSSR count). The van der Waals surface area contributed by atoms with Gasteiger partial charge in [-0.3, -0.25) is 0 Å². The first-order chi connectivity index (χ1) is 9.65. The maximum atomic E-state index is 11.6. The summed E-state index contributed by atoms with van der Waals surface area (Å²) in [6.07, 6.45) is 1.37. The van der Waals surface area contributed by atoms with Gasteiger partial charge in [0.1, 0.15) is 16.5 Å². The van der Waals surface area contributed by atoms with Gasteiger partial charge in [0.15, 0.2) is 5.82 Å². The number of benzene rings is 1. The zero-order chi connectivity index (χ0) is 14.5. The van der Waals surface area contributed by atoms with E-state index in [0.717, 1.165) is 11.3 Å². The maximum absolute atomic E-state index is 11.6. The van der Waals surface area contributed by atoms with E-state index in [0.29, 0.717) is 5.82 Å². The van der Waals surface area contributed by atoms with Gasteiger partial charge in [-0.25, -0.2) is 14.8 Å². The predicted molar refractivity (Wildman–Crippen MR) is 75.0 cm³/mol. The lowest BCUT2D eigenvalue weighted by Gasteiger charge is -2.06. The summed E-state index contributed by atoms with van der Waals surface area (Å²) in [5.41, 5.74) is 0.939. The van der Waals surface area contributed by atoms with Crippen LogP contribution in [-0.4, -0.2) is 29.7 Å². The summed E-state index contributed by atoms with van der Waals surface area (Å²) in [4.78, 5) is 19.8. The topological polar surface area (TPSA) is 61.3 Å². The number of halogens is 1. The van der Waals surface area contributed by atoms with Gasteiger partial charge in [0.05, 0.1) is 13.7 Å². The average molecular weight is 293 g/mol. The van der Waals surface area contributed by atoms with E-state index in [4.69, 9.17) is 21.1 Å². The minimum atomic E-state index is -0.529. The van der Waals surface area contributed by atoms with E-state index in [2.05, 4.69) is 9.97 Å². The van der Waals surface area contributed by atoms with E-state index in [1.165, 1.54) is 6.20 Å². The molecule has 0 saturated heterocycles. The Hall–Kier alpha value is -2.14. The molecule has 1 aromatic carbocycles. The Labute approximate surface area is 121 Å². The smallest absolute Gasteiger partial charge is 0.342 e. The van der Waals surface area contributed by atoms with Gasteiger partial charge in [0.25, 0.3) is 0 Å². The Bertz CT molecular complexity index is 614. The number of carbonyl (C=O) groups excluding carboxylic acids is 1. The number of rotatable bonds is 4. The lowest BCUT2D eigenvalue weighted by molar-refractivity contribution is 0.0525. The van der Waals surface area contributed by atoms with Gasteiger partial charge in [-0.2, -0.15) is 0 Å². The zero-order valence-corrected chi connectivity index (χ0v) is 11.8. The number of aromatic nitrogens is 2. The fourth-order valence-corrected chi connectivity index (χ4v) is 1.79. The number of ether oxygens (including phenoxy) is 2. The third kappa shape index (κ3) is 3.05. The van der Waals surface area contributed by atoms with E-state index in [1.807, 2.05) is 12.1 Å². The Morgan fingerprint density at radius 1 is 1.30 bits per heavy atom. The second-order valence-electron chi connectivity index (χ2n) is 3.85. The molecule has 1 aromatic heterocycles. The number of hydrogen-bond acceptors (Lipinski definition) is 5. The summed E-state index contributed by atoms with van der Waals surface area (Å²) in [5, 5.41) is 0.0734. The standard InChI is InChI=1S/C14H13ClN2O3/c1-3-20-14(18)11-8-16-13(17-12(11)15)9-4-6-10(19-2)7-5-9/h4-8H,3H2,1-2H3. The van der Waals surface area contributed by atoms with Gasteiger partial charge in [0, 0.05) is 11.8 Å². The van der Waals surface area contributed by atoms with Crippen LogP contribution in [0.2, 0.25) is 5.15 Å². The van der Waals surface area contributed by atoms with Crippen LogP contribution in [0.25, 0.3) is 11.4 Å². The van der Waals surface area contributed by atoms with Gasteiger partial charge in [0.2, 0.25) is 0 Å². The van der Waals surface area contributed by atoms with Crippen LogP contribution in [0.3, 0.4) is 0 Å². The van der Waals surface area contributed by atoms with Crippen LogP contribution in [0.1, 0.15) is 17.3 Å². The van der Waals surface area contributed by atoms with Crippen molar-refractivity contribution in [1.29, 1.82) is 0 Å². The molecule has 0 unspecified atom stereocenters. The van der Waals surface area contributed by atoms with Crippen molar-refractivity contribution in [3.8, 4) is 17.1 Å². The third-order valence-corrected chi connectivity index (χ3v) is 2.87. The highest BCUT2D eigenvalue weighted by Gasteiger charge is 2.14. The largest absolute Gasteiger partial charge is 0.497 e. The first kappa shape index (κ1) is 14.3. The molecule has 5 nitrogen and oxygen atoms in total. The predicted octanol–water partition coefficient (Wildman–Crippen LogP) is 2.98. The second kappa shape index (κ2) is 6.34. The molecule has 0 radical (unpaired) electrons. The first-order valence-corrected chi connectivity index (χ1v) is 6.37. The molecule has 6 heteroatoms. The van der Waals surface area contributed by atoms with Crippen molar-refractivity contribution in [2.45, 2.75) is 6.92 Å². The molecular formula is C14H13ClN2O3. The minimum absolute atomic E-state index is 0.0734. The van der Waals surface area contributed by atoms with Crippen molar-refractivity contribution in [3.63, 3.8) is 0 Å². The zero-order valence-electron chi connectivity index (χ0n) is 11.1. The Kier molecular flexibility index (Phi) is 4.53. The molecule has 0 amide bonds. The van der Waals surface area contributed by atoms with Crippen molar-refractivity contribution >= 4 is 17.6 Å². The number of carbonyl (C=O) groups is 1. The highest BCUT2D eigenvalue weighted by Crippen LogP contribution is 2.22. The molecule has 0 aliphatic rings. The monoisotopic (exact) mass is 292 g/mol. The lowest BCUT2D eigenvalue weighted by Crippen LogP contribution is -2.07. The molecule has 0 aliphatic heterocycles. The third-order valence-electron chi connectivity index (χ3n) is 2.59. The summed E-state index contributed by atoms with van der Waals surface area (Å²) in [6.45, 7) is 1.99. The fraction of sp³-hybridized carbons (Fsp3) is 0.214. The Morgan fingerprint density at radius 3 is 2.55 bits per heavy atom. The molecule has 0 N–H and O–H groups in total. The van der Waals surface area contributed by atoms with E-state index in [9.17, 15) is 4.79 Å². The van der Waals surface area contributed by atoms with Crippen molar-refractivity contribution in [1.82, 2.24) is 9.97 Å².